The molecule has 0 aliphatic carbocycles. The van der Waals surface area contributed by atoms with Crippen LogP contribution in [0.1, 0.15) is 17.3 Å². The molecule has 5 nitrogen and oxygen atoms in total. The summed E-state index contributed by atoms with van der Waals surface area (Å²) in [6.07, 6.45) is 1.57. The van der Waals surface area contributed by atoms with E-state index >= 15 is 0 Å². The third-order valence-electron chi connectivity index (χ3n) is 3.36. The van der Waals surface area contributed by atoms with Crippen molar-refractivity contribution in [1.82, 2.24) is 14.8 Å². The number of halogens is 1. The number of ketones is 1. The third kappa shape index (κ3) is 3.19. The minimum absolute atomic E-state index is 0.0856. The fraction of sp³-hybridized carbons (Fsp3) is 0.188. The van der Waals surface area contributed by atoms with Gasteiger partial charge in [0.25, 0.3) is 0 Å². The smallest absolute Gasteiger partial charge is 0.200 e. The van der Waals surface area contributed by atoms with Crippen LogP contribution in [-0.2, 0) is 7.05 Å². The fourth-order valence-electron chi connectivity index (χ4n) is 2.10. The molecule has 3 rings (SSSR count). The lowest BCUT2D eigenvalue weighted by molar-refractivity contribution is 0.0994. The Balaban J connectivity index is 1.77. The highest BCUT2D eigenvalue weighted by Gasteiger charge is 2.21. The van der Waals surface area contributed by atoms with E-state index in [0.717, 1.165) is 0 Å². The molecule has 0 bridgehead atoms. The molecular formula is C16H14FN3O2S. The molecule has 7 heteroatoms. The van der Waals surface area contributed by atoms with Crippen LogP contribution in [0.25, 0.3) is 11.6 Å². The molecule has 1 aromatic carbocycles. The molecule has 0 aliphatic heterocycles. The summed E-state index contributed by atoms with van der Waals surface area (Å²) in [6, 6.07) is 9.10. The second kappa shape index (κ2) is 6.37. The molecule has 0 aliphatic rings. The van der Waals surface area contributed by atoms with Crippen LogP contribution < -0.4 is 0 Å². The Kier molecular flexibility index (Phi) is 4.29. The fourth-order valence-corrected chi connectivity index (χ4v) is 2.99. The van der Waals surface area contributed by atoms with E-state index in [1.807, 2.05) is 7.05 Å². The van der Waals surface area contributed by atoms with Gasteiger partial charge in [-0.3, -0.25) is 4.79 Å². The molecule has 1 atom stereocenters. The summed E-state index contributed by atoms with van der Waals surface area (Å²) < 4.78 is 20.0. The van der Waals surface area contributed by atoms with Crippen LogP contribution in [0.2, 0.25) is 0 Å². The van der Waals surface area contributed by atoms with Gasteiger partial charge >= 0.3 is 0 Å². The molecule has 0 fully saturated rings. The lowest BCUT2D eigenvalue weighted by Crippen LogP contribution is -2.14. The molecule has 2 aromatic heterocycles. The summed E-state index contributed by atoms with van der Waals surface area (Å²) in [6.45, 7) is 1.79. The normalized spacial score (nSPS) is 12.3. The number of rotatable bonds is 5. The maximum atomic E-state index is 12.9. The molecule has 0 radical (unpaired) electrons. The number of aromatic nitrogens is 3. The van der Waals surface area contributed by atoms with E-state index in [0.29, 0.717) is 22.3 Å². The van der Waals surface area contributed by atoms with E-state index in [9.17, 15) is 9.18 Å². The lowest BCUT2D eigenvalue weighted by atomic mass is 10.1. The van der Waals surface area contributed by atoms with Gasteiger partial charge in [0, 0.05) is 12.6 Å². The molecular weight excluding hydrogens is 317 g/mol. The molecule has 2 heterocycles. The van der Waals surface area contributed by atoms with Crippen molar-refractivity contribution in [1.29, 1.82) is 0 Å². The Morgan fingerprint density at radius 2 is 2.00 bits per heavy atom. The number of furan rings is 1. The highest BCUT2D eigenvalue weighted by Crippen LogP contribution is 2.27. The average Bonchev–Trinajstić information content (AvgIpc) is 3.18. The van der Waals surface area contributed by atoms with E-state index in [1.165, 1.54) is 36.0 Å². The number of carbonyl (C=O) groups is 1. The zero-order chi connectivity index (χ0) is 16.4. The predicted molar refractivity (Wildman–Crippen MR) is 84.8 cm³/mol. The summed E-state index contributed by atoms with van der Waals surface area (Å²) in [5.41, 5.74) is 0.472. The van der Waals surface area contributed by atoms with Gasteiger partial charge in [-0.2, -0.15) is 0 Å². The Morgan fingerprint density at radius 3 is 2.65 bits per heavy atom. The Hall–Kier alpha value is -2.41. The second-order valence-corrected chi connectivity index (χ2v) is 6.28. The SMILES string of the molecule is C[C@@H](Sc1nnc(-c2ccco2)n1C)C(=O)c1ccc(F)cc1. The Bertz CT molecular complexity index is 812. The number of thioether (sulfide) groups is 1. The predicted octanol–water partition coefficient (Wildman–Crippen LogP) is 3.58. The van der Waals surface area contributed by atoms with Crippen LogP contribution >= 0.6 is 11.8 Å². The summed E-state index contributed by atoms with van der Waals surface area (Å²) in [7, 11) is 1.81. The summed E-state index contributed by atoms with van der Waals surface area (Å²) in [4.78, 5) is 12.4. The molecule has 0 saturated carbocycles. The first-order chi connectivity index (χ1) is 11.1. The average molecular weight is 331 g/mol. The quantitative estimate of drug-likeness (QED) is 0.528. The largest absolute Gasteiger partial charge is 0.461 e. The topological polar surface area (TPSA) is 60.9 Å². The van der Waals surface area contributed by atoms with Gasteiger partial charge in [-0.05, 0) is 43.3 Å². The summed E-state index contributed by atoms with van der Waals surface area (Å²) >= 11 is 1.30. The Morgan fingerprint density at radius 1 is 1.26 bits per heavy atom. The zero-order valence-corrected chi connectivity index (χ0v) is 13.4. The number of carbonyl (C=O) groups excluding carboxylic acids is 1. The molecule has 0 amide bonds. The van der Waals surface area contributed by atoms with Gasteiger partial charge in [-0.1, -0.05) is 11.8 Å². The number of Topliss-reactive ketones (excluding diaryl/α,β-unsaturated/α-hetero) is 1. The van der Waals surface area contributed by atoms with E-state index in [1.54, 1.807) is 29.9 Å². The molecule has 0 N–H and O–H groups in total. The number of hydrogen-bond donors (Lipinski definition) is 0. The number of hydrogen-bond acceptors (Lipinski definition) is 5. The van der Waals surface area contributed by atoms with Gasteiger partial charge in [0.1, 0.15) is 5.82 Å². The van der Waals surface area contributed by atoms with Crippen molar-refractivity contribution in [2.75, 3.05) is 0 Å². The Labute approximate surface area is 136 Å². The molecule has 0 spiro atoms. The molecule has 0 unspecified atom stereocenters. The van der Waals surface area contributed by atoms with Crippen LogP contribution in [-0.4, -0.2) is 25.8 Å². The van der Waals surface area contributed by atoms with Crippen molar-refractivity contribution in [2.45, 2.75) is 17.3 Å². The first-order valence-electron chi connectivity index (χ1n) is 6.96. The standard InChI is InChI=1S/C16H14FN3O2S/c1-10(14(21)11-5-7-12(17)8-6-11)23-16-19-18-15(20(16)2)13-4-3-9-22-13/h3-10H,1-2H3/t10-/m1/s1. The van der Waals surface area contributed by atoms with Crippen molar-refractivity contribution in [2.24, 2.45) is 7.05 Å². The van der Waals surface area contributed by atoms with Crippen LogP contribution in [0, 0.1) is 5.82 Å². The summed E-state index contributed by atoms with van der Waals surface area (Å²) in [5.74, 6) is 0.763. The highest BCUT2D eigenvalue weighted by molar-refractivity contribution is 8.00. The third-order valence-corrected chi connectivity index (χ3v) is 4.49. The van der Waals surface area contributed by atoms with Gasteiger partial charge < -0.3 is 8.98 Å². The van der Waals surface area contributed by atoms with Crippen LogP contribution in [0.5, 0.6) is 0 Å². The molecule has 118 valence electrons. The summed E-state index contributed by atoms with van der Waals surface area (Å²) in [5, 5.41) is 8.44. The first kappa shape index (κ1) is 15.5. The maximum absolute atomic E-state index is 12.9. The molecule has 0 saturated heterocycles. The number of nitrogens with zero attached hydrogens (tertiary/aromatic N) is 3. The first-order valence-corrected chi connectivity index (χ1v) is 7.84. The molecule has 3 aromatic rings. The van der Waals surface area contributed by atoms with E-state index in [4.69, 9.17) is 4.42 Å². The van der Waals surface area contributed by atoms with Crippen molar-refractivity contribution < 1.29 is 13.6 Å². The van der Waals surface area contributed by atoms with Crippen molar-refractivity contribution in [3.63, 3.8) is 0 Å². The zero-order valence-electron chi connectivity index (χ0n) is 12.6. The minimum atomic E-state index is -0.368. The van der Waals surface area contributed by atoms with Gasteiger partial charge in [0.15, 0.2) is 22.5 Å². The van der Waals surface area contributed by atoms with Crippen LogP contribution in [0.4, 0.5) is 4.39 Å². The van der Waals surface area contributed by atoms with Crippen LogP contribution in [0.3, 0.4) is 0 Å². The van der Waals surface area contributed by atoms with Gasteiger partial charge in [-0.25, -0.2) is 4.39 Å². The highest BCUT2D eigenvalue weighted by atomic mass is 32.2. The van der Waals surface area contributed by atoms with E-state index in [-0.39, 0.29) is 16.9 Å². The maximum Gasteiger partial charge on any atom is 0.200 e. The van der Waals surface area contributed by atoms with Gasteiger partial charge in [0.05, 0.1) is 11.5 Å². The van der Waals surface area contributed by atoms with Crippen molar-refractivity contribution in [3.05, 3.63) is 54.0 Å². The lowest BCUT2D eigenvalue weighted by Gasteiger charge is -2.09. The van der Waals surface area contributed by atoms with E-state index in [2.05, 4.69) is 10.2 Å². The van der Waals surface area contributed by atoms with Crippen molar-refractivity contribution >= 4 is 17.5 Å². The minimum Gasteiger partial charge on any atom is -0.461 e. The van der Waals surface area contributed by atoms with Gasteiger partial charge in [0.2, 0.25) is 0 Å². The molecule has 23 heavy (non-hydrogen) atoms. The van der Waals surface area contributed by atoms with Crippen molar-refractivity contribution in [3.8, 4) is 11.6 Å². The van der Waals surface area contributed by atoms with Gasteiger partial charge in [-0.15, -0.1) is 10.2 Å². The monoisotopic (exact) mass is 331 g/mol. The van der Waals surface area contributed by atoms with Crippen LogP contribution in [0.15, 0.2) is 52.2 Å². The van der Waals surface area contributed by atoms with E-state index < -0.39 is 0 Å². The second-order valence-electron chi connectivity index (χ2n) is 4.97. The number of benzene rings is 1.